The van der Waals surface area contributed by atoms with Crippen LogP contribution < -0.4 is 5.73 Å². The van der Waals surface area contributed by atoms with Crippen LogP contribution in [0, 0.1) is 11.8 Å². The molecule has 0 spiro atoms. The second-order valence-corrected chi connectivity index (χ2v) is 6.67. The molecule has 0 radical (unpaired) electrons. The van der Waals surface area contributed by atoms with Crippen molar-refractivity contribution in [3.8, 4) is 0 Å². The smallest absolute Gasteiger partial charge is 0.242 e. The summed E-state index contributed by atoms with van der Waals surface area (Å²) in [5.41, 5.74) is 5.64. The van der Waals surface area contributed by atoms with Crippen molar-refractivity contribution < 1.29 is 4.79 Å². The molecule has 0 saturated heterocycles. The third kappa shape index (κ3) is 4.27. The van der Waals surface area contributed by atoms with E-state index in [1.165, 1.54) is 0 Å². The molecule has 0 aromatic carbocycles. The van der Waals surface area contributed by atoms with Crippen molar-refractivity contribution >= 4 is 5.91 Å². The first kappa shape index (κ1) is 15.5. The van der Waals surface area contributed by atoms with Gasteiger partial charge in [-0.15, -0.1) is 0 Å². The van der Waals surface area contributed by atoms with E-state index in [9.17, 15) is 4.79 Å². The van der Waals surface area contributed by atoms with Gasteiger partial charge in [0, 0.05) is 13.1 Å². The van der Waals surface area contributed by atoms with Crippen LogP contribution in [0.15, 0.2) is 0 Å². The average molecular weight is 254 g/mol. The zero-order valence-electron chi connectivity index (χ0n) is 12.5. The number of nitrogens with zero attached hydrogens (tertiary/aromatic N) is 1. The lowest BCUT2D eigenvalue weighted by molar-refractivity contribution is -0.140. The van der Waals surface area contributed by atoms with Crippen molar-refractivity contribution in [1.82, 2.24) is 4.90 Å². The Labute approximate surface area is 112 Å². The predicted octanol–water partition coefficient (Wildman–Crippen LogP) is 2.79. The van der Waals surface area contributed by atoms with Gasteiger partial charge in [-0.3, -0.25) is 4.79 Å². The quantitative estimate of drug-likeness (QED) is 0.759. The van der Waals surface area contributed by atoms with Crippen molar-refractivity contribution in [3.05, 3.63) is 0 Å². The van der Waals surface area contributed by atoms with Gasteiger partial charge in [0.05, 0.1) is 5.54 Å². The molecule has 0 aromatic rings. The second-order valence-electron chi connectivity index (χ2n) is 6.67. The Morgan fingerprint density at radius 1 is 1.11 bits per heavy atom. The van der Waals surface area contributed by atoms with E-state index >= 15 is 0 Å². The summed E-state index contributed by atoms with van der Waals surface area (Å²) in [7, 11) is 0. The maximum absolute atomic E-state index is 12.5. The minimum atomic E-state index is -0.534. The van der Waals surface area contributed by atoms with Gasteiger partial charge in [0.25, 0.3) is 0 Å². The van der Waals surface area contributed by atoms with E-state index in [1.54, 1.807) is 0 Å². The number of hydrogen-bond donors (Lipinski definition) is 1. The zero-order chi connectivity index (χ0) is 13.8. The molecule has 18 heavy (non-hydrogen) atoms. The monoisotopic (exact) mass is 254 g/mol. The maximum Gasteiger partial charge on any atom is 0.242 e. The highest BCUT2D eigenvalue weighted by Crippen LogP contribution is 2.31. The fourth-order valence-corrected chi connectivity index (χ4v) is 2.23. The van der Waals surface area contributed by atoms with Crippen molar-refractivity contribution in [2.24, 2.45) is 17.6 Å². The fraction of sp³-hybridized carbons (Fsp3) is 0.933. The van der Waals surface area contributed by atoms with Gasteiger partial charge in [0.2, 0.25) is 5.91 Å². The van der Waals surface area contributed by atoms with Crippen LogP contribution in [0.5, 0.6) is 0 Å². The summed E-state index contributed by atoms with van der Waals surface area (Å²) in [5.74, 6) is 1.46. The topological polar surface area (TPSA) is 46.3 Å². The van der Waals surface area contributed by atoms with Crippen LogP contribution in [0.4, 0.5) is 0 Å². The van der Waals surface area contributed by atoms with Crippen molar-refractivity contribution in [1.29, 1.82) is 0 Å². The molecule has 0 bridgehead atoms. The first-order chi connectivity index (χ1) is 8.35. The molecule has 106 valence electrons. The van der Waals surface area contributed by atoms with Crippen molar-refractivity contribution in [3.63, 3.8) is 0 Å². The van der Waals surface area contributed by atoms with Crippen molar-refractivity contribution in [2.75, 3.05) is 13.1 Å². The fourth-order valence-electron chi connectivity index (χ4n) is 2.23. The third-order valence-electron chi connectivity index (χ3n) is 3.91. The highest BCUT2D eigenvalue weighted by atomic mass is 16.2. The SMILES string of the molecule is CC(C)CCN(CCC(C)C)C(=O)C1(N)CCC1. The number of carbonyl (C=O) groups is 1. The summed E-state index contributed by atoms with van der Waals surface area (Å²) in [5, 5.41) is 0. The molecular weight excluding hydrogens is 224 g/mol. The lowest BCUT2D eigenvalue weighted by atomic mass is 9.76. The molecule has 2 N–H and O–H groups in total. The minimum absolute atomic E-state index is 0.190. The Hall–Kier alpha value is -0.570. The number of hydrogen-bond acceptors (Lipinski definition) is 2. The normalized spacial score (nSPS) is 17.9. The molecule has 0 atom stereocenters. The summed E-state index contributed by atoms with van der Waals surface area (Å²) in [4.78, 5) is 14.5. The molecule has 3 nitrogen and oxygen atoms in total. The first-order valence-corrected chi connectivity index (χ1v) is 7.43. The Kier molecular flexibility index (Phi) is 5.64. The van der Waals surface area contributed by atoms with Gasteiger partial charge in [0.1, 0.15) is 0 Å². The molecule has 0 aliphatic heterocycles. The van der Waals surface area contributed by atoms with E-state index in [-0.39, 0.29) is 5.91 Å². The van der Waals surface area contributed by atoms with Gasteiger partial charge in [-0.05, 0) is 43.9 Å². The van der Waals surface area contributed by atoms with E-state index in [0.29, 0.717) is 11.8 Å². The van der Waals surface area contributed by atoms with Crippen LogP contribution in [-0.2, 0) is 4.79 Å². The standard InChI is InChI=1S/C15H30N2O/c1-12(2)6-10-17(11-7-13(3)4)14(18)15(16)8-5-9-15/h12-13H,5-11,16H2,1-4H3. The van der Waals surface area contributed by atoms with Crippen LogP contribution >= 0.6 is 0 Å². The van der Waals surface area contributed by atoms with Gasteiger partial charge in [0.15, 0.2) is 0 Å². The minimum Gasteiger partial charge on any atom is -0.341 e. The summed E-state index contributed by atoms with van der Waals surface area (Å²) in [6.07, 6.45) is 4.97. The summed E-state index contributed by atoms with van der Waals surface area (Å²) >= 11 is 0. The zero-order valence-corrected chi connectivity index (χ0v) is 12.5. The van der Waals surface area contributed by atoms with Crippen molar-refractivity contribution in [2.45, 2.75) is 65.3 Å². The molecule has 1 fully saturated rings. The average Bonchev–Trinajstić information content (AvgIpc) is 2.24. The highest BCUT2D eigenvalue weighted by Gasteiger charge is 2.42. The highest BCUT2D eigenvalue weighted by molar-refractivity contribution is 5.87. The number of rotatable bonds is 7. The molecule has 1 aliphatic carbocycles. The van der Waals surface area contributed by atoms with Gasteiger partial charge in [-0.1, -0.05) is 27.7 Å². The summed E-state index contributed by atoms with van der Waals surface area (Å²) < 4.78 is 0. The number of amides is 1. The molecule has 1 saturated carbocycles. The maximum atomic E-state index is 12.5. The Balaban J connectivity index is 2.54. The third-order valence-corrected chi connectivity index (χ3v) is 3.91. The summed E-state index contributed by atoms with van der Waals surface area (Å²) in [6.45, 7) is 10.5. The van der Waals surface area contributed by atoms with Gasteiger partial charge in [-0.2, -0.15) is 0 Å². The van der Waals surface area contributed by atoms with Gasteiger partial charge >= 0.3 is 0 Å². The molecule has 1 amide bonds. The van der Waals surface area contributed by atoms with Crippen LogP contribution in [0.1, 0.15) is 59.8 Å². The molecule has 0 unspecified atom stereocenters. The predicted molar refractivity (Wildman–Crippen MR) is 76.3 cm³/mol. The molecule has 1 aliphatic rings. The van der Waals surface area contributed by atoms with E-state index in [4.69, 9.17) is 5.73 Å². The first-order valence-electron chi connectivity index (χ1n) is 7.43. The Bertz CT molecular complexity index is 258. The van der Waals surface area contributed by atoms with Crippen LogP contribution in [0.2, 0.25) is 0 Å². The summed E-state index contributed by atoms with van der Waals surface area (Å²) in [6, 6.07) is 0. The van der Waals surface area contributed by atoms with Crippen LogP contribution in [0.3, 0.4) is 0 Å². The van der Waals surface area contributed by atoms with Crippen LogP contribution in [-0.4, -0.2) is 29.4 Å². The van der Waals surface area contributed by atoms with E-state index < -0.39 is 5.54 Å². The van der Waals surface area contributed by atoms with Gasteiger partial charge in [-0.25, -0.2) is 0 Å². The van der Waals surface area contributed by atoms with E-state index in [1.807, 2.05) is 4.90 Å². The molecule has 0 aromatic heterocycles. The molecule has 0 heterocycles. The number of carbonyl (C=O) groups excluding carboxylic acids is 1. The van der Waals surface area contributed by atoms with Crippen LogP contribution in [0.25, 0.3) is 0 Å². The largest absolute Gasteiger partial charge is 0.341 e. The Morgan fingerprint density at radius 3 is 1.83 bits per heavy atom. The lowest BCUT2D eigenvalue weighted by Gasteiger charge is -2.40. The van der Waals surface area contributed by atoms with E-state index in [2.05, 4.69) is 27.7 Å². The molecule has 3 heteroatoms. The molecule has 1 rings (SSSR count). The second kappa shape index (κ2) is 6.55. The lowest BCUT2D eigenvalue weighted by Crippen LogP contribution is -2.59. The van der Waals surface area contributed by atoms with Gasteiger partial charge < -0.3 is 10.6 Å². The number of nitrogens with two attached hydrogens (primary N) is 1. The van der Waals surface area contributed by atoms with E-state index in [0.717, 1.165) is 45.2 Å². The molecular formula is C15H30N2O. The Morgan fingerprint density at radius 2 is 1.56 bits per heavy atom.